The van der Waals surface area contributed by atoms with Gasteiger partial charge in [-0.3, -0.25) is 9.69 Å². The van der Waals surface area contributed by atoms with Crippen molar-refractivity contribution in [3.05, 3.63) is 39.9 Å². The summed E-state index contributed by atoms with van der Waals surface area (Å²) in [5, 5.41) is 15.9. The number of carbonyl (C=O) groups is 1. The molecule has 0 spiro atoms. The molecule has 1 saturated heterocycles. The summed E-state index contributed by atoms with van der Waals surface area (Å²) >= 11 is 1.56. The zero-order valence-corrected chi connectivity index (χ0v) is 13.3. The van der Waals surface area contributed by atoms with E-state index in [0.717, 1.165) is 18.0 Å². The quantitative estimate of drug-likeness (QED) is 0.925. The lowest BCUT2D eigenvalue weighted by Crippen LogP contribution is -2.49. The van der Waals surface area contributed by atoms with E-state index in [2.05, 4.69) is 10.1 Å². The Bertz CT molecular complexity index is 618. The SMILES string of the molecule is Cc1cc(C(=O)N2CCN(CC(O)c3cccs3)CC2)no1. The average molecular weight is 321 g/mol. The highest BCUT2D eigenvalue weighted by Crippen LogP contribution is 2.20. The van der Waals surface area contributed by atoms with Crippen LogP contribution in [0, 0.1) is 6.92 Å². The lowest BCUT2D eigenvalue weighted by atomic mass is 10.2. The molecule has 1 N–H and O–H groups in total. The molecule has 6 nitrogen and oxygen atoms in total. The smallest absolute Gasteiger partial charge is 0.276 e. The first-order valence-electron chi connectivity index (χ1n) is 7.30. The van der Waals surface area contributed by atoms with Crippen LogP contribution in [0.4, 0.5) is 0 Å². The highest BCUT2D eigenvalue weighted by Gasteiger charge is 2.25. The number of aliphatic hydroxyl groups is 1. The molecular formula is C15H19N3O3S. The normalized spacial score (nSPS) is 17.6. The second-order valence-corrected chi connectivity index (χ2v) is 6.43. The first-order chi connectivity index (χ1) is 10.6. The molecule has 0 aromatic carbocycles. The van der Waals surface area contributed by atoms with E-state index in [1.807, 2.05) is 17.5 Å². The molecule has 1 amide bonds. The van der Waals surface area contributed by atoms with Gasteiger partial charge in [0, 0.05) is 43.7 Å². The van der Waals surface area contributed by atoms with Crippen LogP contribution < -0.4 is 0 Å². The van der Waals surface area contributed by atoms with Gasteiger partial charge < -0.3 is 14.5 Å². The van der Waals surface area contributed by atoms with Gasteiger partial charge in [0.1, 0.15) is 11.9 Å². The predicted molar refractivity (Wildman–Crippen MR) is 82.9 cm³/mol. The van der Waals surface area contributed by atoms with Crippen LogP contribution in [0.2, 0.25) is 0 Å². The summed E-state index contributed by atoms with van der Waals surface area (Å²) in [5.74, 6) is 0.552. The standard InChI is InChI=1S/C15H19N3O3S/c1-11-9-12(16-21-11)15(20)18-6-4-17(5-7-18)10-13(19)14-3-2-8-22-14/h2-3,8-9,13,19H,4-7,10H2,1H3. The summed E-state index contributed by atoms with van der Waals surface area (Å²) in [5.41, 5.74) is 0.365. The number of hydrogen-bond donors (Lipinski definition) is 1. The molecule has 118 valence electrons. The minimum atomic E-state index is -0.458. The number of aliphatic hydroxyl groups excluding tert-OH is 1. The highest BCUT2D eigenvalue weighted by atomic mass is 32.1. The summed E-state index contributed by atoms with van der Waals surface area (Å²) in [7, 11) is 0. The van der Waals surface area contributed by atoms with Crippen molar-refractivity contribution in [1.82, 2.24) is 15.0 Å². The molecule has 3 heterocycles. The number of aromatic nitrogens is 1. The van der Waals surface area contributed by atoms with E-state index in [-0.39, 0.29) is 5.91 Å². The molecular weight excluding hydrogens is 302 g/mol. The molecule has 7 heteroatoms. The Morgan fingerprint density at radius 2 is 2.23 bits per heavy atom. The van der Waals surface area contributed by atoms with Crippen molar-refractivity contribution in [1.29, 1.82) is 0 Å². The van der Waals surface area contributed by atoms with E-state index in [1.165, 1.54) is 0 Å². The van der Waals surface area contributed by atoms with Crippen molar-refractivity contribution in [2.45, 2.75) is 13.0 Å². The monoisotopic (exact) mass is 321 g/mol. The molecule has 0 radical (unpaired) electrons. The van der Waals surface area contributed by atoms with Gasteiger partial charge in [-0.2, -0.15) is 0 Å². The maximum Gasteiger partial charge on any atom is 0.276 e. The third-order valence-corrected chi connectivity index (χ3v) is 4.78. The number of carbonyl (C=O) groups excluding carboxylic acids is 1. The van der Waals surface area contributed by atoms with Gasteiger partial charge in [0.25, 0.3) is 5.91 Å². The van der Waals surface area contributed by atoms with Gasteiger partial charge >= 0.3 is 0 Å². The summed E-state index contributed by atoms with van der Waals surface area (Å²) in [4.78, 5) is 17.2. The largest absolute Gasteiger partial charge is 0.386 e. The number of aryl methyl sites for hydroxylation is 1. The lowest BCUT2D eigenvalue weighted by Gasteiger charge is -2.35. The molecule has 1 atom stereocenters. The molecule has 22 heavy (non-hydrogen) atoms. The van der Waals surface area contributed by atoms with Gasteiger partial charge in [-0.05, 0) is 18.4 Å². The van der Waals surface area contributed by atoms with Crippen LogP contribution in [0.1, 0.15) is 27.2 Å². The first kappa shape index (κ1) is 15.2. The molecule has 1 fully saturated rings. The summed E-state index contributed by atoms with van der Waals surface area (Å²) < 4.78 is 4.95. The van der Waals surface area contributed by atoms with Crippen LogP contribution in [-0.2, 0) is 0 Å². The second kappa shape index (κ2) is 6.60. The van der Waals surface area contributed by atoms with Crippen LogP contribution in [0.3, 0.4) is 0 Å². The van der Waals surface area contributed by atoms with E-state index < -0.39 is 6.10 Å². The van der Waals surface area contributed by atoms with Gasteiger partial charge in [-0.15, -0.1) is 11.3 Å². The fraction of sp³-hybridized carbons (Fsp3) is 0.467. The van der Waals surface area contributed by atoms with E-state index in [0.29, 0.717) is 31.1 Å². The van der Waals surface area contributed by atoms with Gasteiger partial charge in [-0.25, -0.2) is 0 Å². The average Bonchev–Trinajstić information content (AvgIpc) is 3.18. The van der Waals surface area contributed by atoms with Crippen LogP contribution in [0.25, 0.3) is 0 Å². The molecule has 0 saturated carbocycles. The third-order valence-electron chi connectivity index (χ3n) is 3.81. The summed E-state index contributed by atoms with van der Waals surface area (Å²) in [6.45, 7) is 5.17. The van der Waals surface area contributed by atoms with E-state index in [4.69, 9.17) is 4.52 Å². The Morgan fingerprint density at radius 1 is 1.45 bits per heavy atom. The van der Waals surface area contributed by atoms with Gasteiger partial charge in [-0.1, -0.05) is 11.2 Å². The summed E-state index contributed by atoms with van der Waals surface area (Å²) in [6.07, 6.45) is -0.458. The molecule has 3 rings (SSSR count). The van der Waals surface area contributed by atoms with Crippen molar-refractivity contribution in [3.8, 4) is 0 Å². The number of piperazine rings is 1. The minimum Gasteiger partial charge on any atom is -0.386 e. The van der Waals surface area contributed by atoms with E-state index >= 15 is 0 Å². The topological polar surface area (TPSA) is 69.8 Å². The fourth-order valence-corrected chi connectivity index (χ4v) is 3.28. The van der Waals surface area contributed by atoms with Crippen LogP contribution in [-0.4, -0.2) is 58.7 Å². The van der Waals surface area contributed by atoms with Crippen molar-refractivity contribution in [3.63, 3.8) is 0 Å². The first-order valence-corrected chi connectivity index (χ1v) is 8.18. The Hall–Kier alpha value is -1.70. The summed E-state index contributed by atoms with van der Waals surface area (Å²) in [6, 6.07) is 5.55. The molecule has 2 aromatic heterocycles. The molecule has 1 unspecified atom stereocenters. The van der Waals surface area contributed by atoms with Crippen molar-refractivity contribution in [2.24, 2.45) is 0 Å². The van der Waals surface area contributed by atoms with Crippen molar-refractivity contribution in [2.75, 3.05) is 32.7 Å². The molecule has 0 bridgehead atoms. The molecule has 0 aliphatic carbocycles. The van der Waals surface area contributed by atoms with Gasteiger partial charge in [0.2, 0.25) is 0 Å². The number of β-amino-alcohol motifs (C(OH)–C–C–N with tert-alkyl or cyclic N) is 1. The minimum absolute atomic E-state index is 0.0877. The van der Waals surface area contributed by atoms with E-state index in [1.54, 1.807) is 29.2 Å². The van der Waals surface area contributed by atoms with Crippen molar-refractivity contribution < 1.29 is 14.4 Å². The van der Waals surface area contributed by atoms with Crippen LogP contribution in [0.5, 0.6) is 0 Å². The van der Waals surface area contributed by atoms with Gasteiger partial charge in [0.05, 0.1) is 0 Å². The van der Waals surface area contributed by atoms with Gasteiger partial charge in [0.15, 0.2) is 5.69 Å². The number of nitrogens with zero attached hydrogens (tertiary/aromatic N) is 3. The zero-order chi connectivity index (χ0) is 15.5. The molecule has 1 aliphatic heterocycles. The Morgan fingerprint density at radius 3 is 2.82 bits per heavy atom. The van der Waals surface area contributed by atoms with E-state index in [9.17, 15) is 9.90 Å². The van der Waals surface area contributed by atoms with Crippen molar-refractivity contribution >= 4 is 17.2 Å². The van der Waals surface area contributed by atoms with Crippen LogP contribution >= 0.6 is 11.3 Å². The lowest BCUT2D eigenvalue weighted by molar-refractivity contribution is 0.0525. The maximum atomic E-state index is 12.3. The Balaban J connectivity index is 1.51. The fourth-order valence-electron chi connectivity index (χ4n) is 2.58. The second-order valence-electron chi connectivity index (χ2n) is 5.45. The Kier molecular flexibility index (Phi) is 4.56. The highest BCUT2D eigenvalue weighted by molar-refractivity contribution is 7.10. The molecule has 1 aliphatic rings. The number of hydrogen-bond acceptors (Lipinski definition) is 6. The number of rotatable bonds is 4. The molecule has 2 aromatic rings. The maximum absolute atomic E-state index is 12.3. The number of amides is 1. The Labute approximate surface area is 132 Å². The third kappa shape index (κ3) is 3.37. The zero-order valence-electron chi connectivity index (χ0n) is 12.4. The predicted octanol–water partition coefficient (Wildman–Crippen LogP) is 1.54. The number of thiophene rings is 1. The van der Waals surface area contributed by atoms with Crippen LogP contribution in [0.15, 0.2) is 28.1 Å².